The molecule has 1 aromatic carbocycles. The van der Waals surface area contributed by atoms with Crippen molar-refractivity contribution in [3.63, 3.8) is 0 Å². The van der Waals surface area contributed by atoms with E-state index in [1.54, 1.807) is 7.11 Å². The molecule has 1 aromatic rings. The lowest BCUT2D eigenvalue weighted by Crippen LogP contribution is -2.44. The van der Waals surface area contributed by atoms with Gasteiger partial charge in [0.05, 0.1) is 7.11 Å². The fourth-order valence-electron chi connectivity index (χ4n) is 1.94. The van der Waals surface area contributed by atoms with Crippen LogP contribution >= 0.6 is 12.2 Å². The highest BCUT2D eigenvalue weighted by atomic mass is 32.1. The molecule has 3 nitrogen and oxygen atoms in total. The summed E-state index contributed by atoms with van der Waals surface area (Å²) in [6.45, 7) is 7.43. The van der Waals surface area contributed by atoms with Crippen molar-refractivity contribution in [1.29, 1.82) is 0 Å². The third kappa shape index (κ3) is 5.00. The molecule has 1 atom stereocenters. The first-order valence-corrected chi connectivity index (χ1v) is 7.49. The second-order valence-corrected chi connectivity index (χ2v) is 5.94. The summed E-state index contributed by atoms with van der Waals surface area (Å²) >= 11 is 5.43. The van der Waals surface area contributed by atoms with Crippen molar-refractivity contribution in [2.75, 3.05) is 20.7 Å². The molecule has 0 bridgehead atoms. The summed E-state index contributed by atoms with van der Waals surface area (Å²) < 4.78 is 5.40. The molecule has 0 fully saturated rings. The largest absolute Gasteiger partial charge is 0.496 e. The van der Waals surface area contributed by atoms with Crippen molar-refractivity contribution in [1.82, 2.24) is 10.2 Å². The molecule has 0 saturated heterocycles. The van der Waals surface area contributed by atoms with Crippen LogP contribution in [0.2, 0.25) is 0 Å². The maximum absolute atomic E-state index is 5.43. The van der Waals surface area contributed by atoms with Gasteiger partial charge in [-0.1, -0.05) is 32.0 Å². The zero-order chi connectivity index (χ0) is 15.1. The topological polar surface area (TPSA) is 24.5 Å². The minimum absolute atomic E-state index is 0.318. The van der Waals surface area contributed by atoms with Crippen LogP contribution in [-0.2, 0) is 6.42 Å². The summed E-state index contributed by atoms with van der Waals surface area (Å²) in [5.41, 5.74) is 1.21. The molecule has 1 N–H and O–H groups in total. The minimum atomic E-state index is 0.318. The van der Waals surface area contributed by atoms with Crippen molar-refractivity contribution < 1.29 is 4.74 Å². The molecule has 0 aliphatic carbocycles. The summed E-state index contributed by atoms with van der Waals surface area (Å²) in [4.78, 5) is 2.12. The van der Waals surface area contributed by atoms with Crippen LogP contribution < -0.4 is 10.1 Å². The number of ether oxygens (including phenoxy) is 1. The van der Waals surface area contributed by atoms with E-state index < -0.39 is 0 Å². The smallest absolute Gasteiger partial charge is 0.168 e. The molecule has 0 aliphatic rings. The molecule has 1 rings (SSSR count). The Hall–Kier alpha value is -1.29. The Labute approximate surface area is 128 Å². The molecule has 0 aliphatic heterocycles. The molecular weight excluding hydrogens is 268 g/mol. The minimum Gasteiger partial charge on any atom is -0.496 e. The van der Waals surface area contributed by atoms with Gasteiger partial charge in [0, 0.05) is 19.6 Å². The zero-order valence-electron chi connectivity index (χ0n) is 13.1. The first-order chi connectivity index (χ1) is 9.45. The Balaban J connectivity index is 2.61. The van der Waals surface area contributed by atoms with E-state index in [0.29, 0.717) is 12.0 Å². The normalized spacial score (nSPS) is 12.1. The van der Waals surface area contributed by atoms with E-state index in [1.165, 1.54) is 5.56 Å². The van der Waals surface area contributed by atoms with E-state index in [4.69, 9.17) is 17.0 Å². The van der Waals surface area contributed by atoms with Crippen LogP contribution in [0.4, 0.5) is 0 Å². The van der Waals surface area contributed by atoms with Gasteiger partial charge in [0.2, 0.25) is 0 Å². The van der Waals surface area contributed by atoms with Gasteiger partial charge in [0.15, 0.2) is 5.11 Å². The molecule has 0 radical (unpaired) electrons. The van der Waals surface area contributed by atoms with Gasteiger partial charge in [-0.3, -0.25) is 0 Å². The van der Waals surface area contributed by atoms with E-state index >= 15 is 0 Å². The monoisotopic (exact) mass is 294 g/mol. The summed E-state index contributed by atoms with van der Waals surface area (Å²) in [6.07, 6.45) is 0.907. The van der Waals surface area contributed by atoms with E-state index in [-0.39, 0.29) is 0 Å². The van der Waals surface area contributed by atoms with Gasteiger partial charge in [0.1, 0.15) is 5.75 Å². The number of likely N-dealkylation sites (N-methyl/N-ethyl adjacent to an activating group) is 1. The van der Waals surface area contributed by atoms with Gasteiger partial charge in [-0.2, -0.15) is 0 Å². The number of rotatable bonds is 6. The van der Waals surface area contributed by atoms with Gasteiger partial charge < -0.3 is 15.0 Å². The van der Waals surface area contributed by atoms with Crippen molar-refractivity contribution in [3.05, 3.63) is 29.8 Å². The maximum atomic E-state index is 5.43. The lowest BCUT2D eigenvalue weighted by Gasteiger charge is -2.28. The average Bonchev–Trinajstić information content (AvgIpc) is 2.44. The first-order valence-electron chi connectivity index (χ1n) is 7.08. The number of nitrogens with zero attached hydrogens (tertiary/aromatic N) is 1. The van der Waals surface area contributed by atoms with Crippen molar-refractivity contribution in [2.24, 2.45) is 5.92 Å². The molecule has 0 heterocycles. The highest BCUT2D eigenvalue weighted by molar-refractivity contribution is 7.80. The number of methoxy groups -OCH3 is 1. The maximum Gasteiger partial charge on any atom is 0.168 e. The van der Waals surface area contributed by atoms with Crippen LogP contribution in [0.3, 0.4) is 0 Å². The number of para-hydroxylation sites is 1. The first kappa shape index (κ1) is 16.8. The number of thiocarbonyl (C=S) groups is 1. The van der Waals surface area contributed by atoms with Crippen molar-refractivity contribution in [3.8, 4) is 5.75 Å². The van der Waals surface area contributed by atoms with Crippen molar-refractivity contribution >= 4 is 17.3 Å². The van der Waals surface area contributed by atoms with Gasteiger partial charge in [0.25, 0.3) is 0 Å². The van der Waals surface area contributed by atoms with Crippen LogP contribution in [-0.4, -0.2) is 36.8 Å². The standard InChI is InChI=1S/C16H26N2OS/c1-12(2)11-17-16(20)18(4)13(3)10-14-8-6-7-9-15(14)19-5/h6-9,12-13H,10-11H2,1-5H3,(H,17,20). The van der Waals surface area contributed by atoms with Gasteiger partial charge >= 0.3 is 0 Å². The van der Waals surface area contributed by atoms with Crippen LogP contribution in [0.15, 0.2) is 24.3 Å². The molecule has 0 amide bonds. The number of nitrogens with one attached hydrogen (secondary N) is 1. The third-order valence-corrected chi connectivity index (χ3v) is 3.78. The quantitative estimate of drug-likeness (QED) is 0.815. The van der Waals surface area contributed by atoms with Crippen LogP contribution in [0, 0.1) is 5.92 Å². The summed E-state index contributed by atoms with van der Waals surface area (Å²) in [5, 5.41) is 4.11. The average molecular weight is 294 g/mol. The SMILES string of the molecule is COc1ccccc1CC(C)N(C)C(=S)NCC(C)C. The molecule has 20 heavy (non-hydrogen) atoms. The van der Waals surface area contributed by atoms with E-state index in [1.807, 2.05) is 25.2 Å². The van der Waals surface area contributed by atoms with Crippen molar-refractivity contribution in [2.45, 2.75) is 33.2 Å². The number of hydrogen-bond acceptors (Lipinski definition) is 2. The summed E-state index contributed by atoms with van der Waals surface area (Å²) in [7, 11) is 3.75. The summed E-state index contributed by atoms with van der Waals surface area (Å²) in [5.74, 6) is 1.53. The van der Waals surface area contributed by atoms with Crippen LogP contribution in [0.25, 0.3) is 0 Å². The van der Waals surface area contributed by atoms with E-state index in [9.17, 15) is 0 Å². The van der Waals surface area contributed by atoms with Gasteiger partial charge in [-0.15, -0.1) is 0 Å². The lowest BCUT2D eigenvalue weighted by atomic mass is 10.1. The second-order valence-electron chi connectivity index (χ2n) is 5.56. The third-order valence-electron chi connectivity index (χ3n) is 3.35. The molecule has 0 saturated carbocycles. The van der Waals surface area contributed by atoms with Gasteiger partial charge in [-0.05, 0) is 43.1 Å². The Morgan fingerprint density at radius 2 is 1.95 bits per heavy atom. The summed E-state index contributed by atoms with van der Waals surface area (Å²) in [6, 6.07) is 8.45. The Bertz CT molecular complexity index is 434. The second kappa shape index (κ2) is 8.10. The Morgan fingerprint density at radius 1 is 1.30 bits per heavy atom. The Kier molecular flexibility index (Phi) is 6.79. The fourth-order valence-corrected chi connectivity index (χ4v) is 2.21. The van der Waals surface area contributed by atoms with Crippen LogP contribution in [0.5, 0.6) is 5.75 Å². The van der Waals surface area contributed by atoms with E-state index in [0.717, 1.165) is 23.8 Å². The van der Waals surface area contributed by atoms with Crippen LogP contribution in [0.1, 0.15) is 26.3 Å². The predicted octanol–water partition coefficient (Wildman–Crippen LogP) is 3.09. The van der Waals surface area contributed by atoms with Gasteiger partial charge in [-0.25, -0.2) is 0 Å². The molecular formula is C16H26N2OS. The lowest BCUT2D eigenvalue weighted by molar-refractivity contribution is 0.367. The fraction of sp³-hybridized carbons (Fsp3) is 0.562. The predicted molar refractivity (Wildman–Crippen MR) is 89.4 cm³/mol. The molecule has 4 heteroatoms. The van der Waals surface area contributed by atoms with E-state index in [2.05, 4.69) is 37.1 Å². The number of hydrogen-bond donors (Lipinski definition) is 1. The zero-order valence-corrected chi connectivity index (χ0v) is 14.0. The number of benzene rings is 1. The highest BCUT2D eigenvalue weighted by Crippen LogP contribution is 2.20. The molecule has 1 unspecified atom stereocenters. The molecule has 0 spiro atoms. The Morgan fingerprint density at radius 3 is 2.55 bits per heavy atom. The molecule has 112 valence electrons. The highest BCUT2D eigenvalue weighted by Gasteiger charge is 2.15. The molecule has 0 aromatic heterocycles.